The number of hydrogen-bond donors (Lipinski definition) is 1. The van der Waals surface area contributed by atoms with Crippen LogP contribution in [0, 0.1) is 0 Å². The summed E-state index contributed by atoms with van der Waals surface area (Å²) in [6.45, 7) is 4.07. The molecule has 90 valence electrons. The Morgan fingerprint density at radius 1 is 1.24 bits per heavy atom. The van der Waals surface area contributed by atoms with Gasteiger partial charge >= 0.3 is 0 Å². The van der Waals surface area contributed by atoms with Crippen LogP contribution < -0.4 is 5.73 Å². The molecule has 0 fully saturated rings. The number of rotatable bonds is 4. The van der Waals surface area contributed by atoms with Crippen molar-refractivity contribution in [2.24, 2.45) is 0 Å². The van der Waals surface area contributed by atoms with Gasteiger partial charge in [0.1, 0.15) is 0 Å². The summed E-state index contributed by atoms with van der Waals surface area (Å²) in [5.41, 5.74) is 7.70. The quantitative estimate of drug-likeness (QED) is 0.821. The second kappa shape index (κ2) is 4.99. The number of nitrogen functional groups attached to an aromatic ring is 1. The zero-order valence-corrected chi connectivity index (χ0v) is 10.2. The van der Waals surface area contributed by atoms with Crippen LogP contribution in [0.3, 0.4) is 0 Å². The Morgan fingerprint density at radius 2 is 2.06 bits per heavy atom. The highest BCUT2D eigenvalue weighted by Gasteiger charge is 2.09. The number of hydrogen-bond acceptors (Lipinski definition) is 4. The lowest BCUT2D eigenvalue weighted by Crippen LogP contribution is -1.93. The van der Waals surface area contributed by atoms with Crippen molar-refractivity contribution in [1.29, 1.82) is 0 Å². The number of anilines is 1. The zero-order valence-electron chi connectivity index (χ0n) is 10.2. The number of benzene rings is 1. The van der Waals surface area contributed by atoms with E-state index in [0.29, 0.717) is 11.8 Å². The second-order valence-electron chi connectivity index (χ2n) is 4.43. The summed E-state index contributed by atoms with van der Waals surface area (Å²) in [5.74, 6) is 1.67. The maximum Gasteiger partial charge on any atom is 0.219 e. The standard InChI is InChI=1S/C13H17N3O/c1-9(2)13-16-15-12(17-13)7-6-10-4-3-5-11(14)8-10/h3-5,8-9H,6-7,14H2,1-2H3. The predicted octanol–water partition coefficient (Wildman–Crippen LogP) is 2.56. The Labute approximate surface area is 101 Å². The first-order valence-electron chi connectivity index (χ1n) is 5.82. The zero-order chi connectivity index (χ0) is 12.3. The van der Waals surface area contributed by atoms with E-state index in [9.17, 15) is 0 Å². The molecule has 1 aromatic heterocycles. The van der Waals surface area contributed by atoms with E-state index in [2.05, 4.69) is 16.3 Å². The monoisotopic (exact) mass is 231 g/mol. The smallest absolute Gasteiger partial charge is 0.219 e. The van der Waals surface area contributed by atoms with Crippen LogP contribution in [0.15, 0.2) is 28.7 Å². The molecule has 0 aliphatic rings. The van der Waals surface area contributed by atoms with Gasteiger partial charge in [0.15, 0.2) is 0 Å². The van der Waals surface area contributed by atoms with Crippen molar-refractivity contribution in [3.63, 3.8) is 0 Å². The highest BCUT2D eigenvalue weighted by molar-refractivity contribution is 5.40. The van der Waals surface area contributed by atoms with Gasteiger partial charge in [-0.3, -0.25) is 0 Å². The van der Waals surface area contributed by atoms with E-state index in [1.807, 2.05) is 32.0 Å². The maximum absolute atomic E-state index is 5.72. The summed E-state index contributed by atoms with van der Waals surface area (Å²) in [6.07, 6.45) is 1.62. The van der Waals surface area contributed by atoms with Crippen LogP contribution in [0.2, 0.25) is 0 Å². The van der Waals surface area contributed by atoms with Gasteiger partial charge in [-0.15, -0.1) is 10.2 Å². The molecule has 2 N–H and O–H groups in total. The molecule has 4 nitrogen and oxygen atoms in total. The molecule has 1 heterocycles. The van der Waals surface area contributed by atoms with Crippen molar-refractivity contribution in [2.45, 2.75) is 32.6 Å². The summed E-state index contributed by atoms with van der Waals surface area (Å²) in [5, 5.41) is 8.03. The topological polar surface area (TPSA) is 64.9 Å². The van der Waals surface area contributed by atoms with E-state index < -0.39 is 0 Å². The fourth-order valence-corrected chi connectivity index (χ4v) is 1.60. The van der Waals surface area contributed by atoms with E-state index in [-0.39, 0.29) is 5.92 Å². The van der Waals surface area contributed by atoms with E-state index in [1.54, 1.807) is 0 Å². The number of aromatic nitrogens is 2. The van der Waals surface area contributed by atoms with Gasteiger partial charge in [-0.2, -0.15) is 0 Å². The van der Waals surface area contributed by atoms with E-state index in [4.69, 9.17) is 10.2 Å². The highest BCUT2D eigenvalue weighted by Crippen LogP contribution is 2.14. The molecule has 0 spiro atoms. The first kappa shape index (κ1) is 11.6. The van der Waals surface area contributed by atoms with Gasteiger partial charge < -0.3 is 10.2 Å². The molecule has 1 aromatic carbocycles. The molecular weight excluding hydrogens is 214 g/mol. The lowest BCUT2D eigenvalue weighted by molar-refractivity contribution is 0.431. The second-order valence-corrected chi connectivity index (χ2v) is 4.43. The summed E-state index contributed by atoms with van der Waals surface area (Å²) in [7, 11) is 0. The Kier molecular flexibility index (Phi) is 3.42. The molecule has 0 bridgehead atoms. The van der Waals surface area contributed by atoms with Crippen LogP contribution in [0.4, 0.5) is 5.69 Å². The molecule has 0 atom stereocenters. The molecule has 0 amide bonds. The minimum Gasteiger partial charge on any atom is -0.425 e. The Hall–Kier alpha value is -1.84. The van der Waals surface area contributed by atoms with Gasteiger partial charge in [-0.05, 0) is 24.1 Å². The summed E-state index contributed by atoms with van der Waals surface area (Å²) >= 11 is 0. The normalized spacial score (nSPS) is 11.0. The van der Waals surface area contributed by atoms with E-state index >= 15 is 0 Å². The van der Waals surface area contributed by atoms with Gasteiger partial charge in [-0.1, -0.05) is 26.0 Å². The third-order valence-corrected chi connectivity index (χ3v) is 2.55. The van der Waals surface area contributed by atoms with Gasteiger partial charge in [0.2, 0.25) is 11.8 Å². The average Bonchev–Trinajstić information content (AvgIpc) is 2.75. The number of aryl methyl sites for hydroxylation is 2. The summed E-state index contributed by atoms with van der Waals surface area (Å²) in [6, 6.07) is 7.86. The maximum atomic E-state index is 5.72. The van der Waals surface area contributed by atoms with Crippen molar-refractivity contribution in [3.8, 4) is 0 Å². The largest absolute Gasteiger partial charge is 0.425 e. The summed E-state index contributed by atoms with van der Waals surface area (Å²) in [4.78, 5) is 0. The number of nitrogens with zero attached hydrogens (tertiary/aromatic N) is 2. The van der Waals surface area contributed by atoms with E-state index in [1.165, 1.54) is 5.56 Å². The predicted molar refractivity (Wildman–Crippen MR) is 66.6 cm³/mol. The summed E-state index contributed by atoms with van der Waals surface area (Å²) < 4.78 is 5.54. The van der Waals surface area contributed by atoms with Gasteiger partial charge in [0.05, 0.1) is 0 Å². The van der Waals surface area contributed by atoms with Crippen LogP contribution in [0.1, 0.15) is 37.1 Å². The minimum absolute atomic E-state index is 0.281. The Balaban J connectivity index is 1.97. The molecule has 2 aromatic rings. The molecule has 0 unspecified atom stereocenters. The lowest BCUT2D eigenvalue weighted by atomic mass is 10.1. The average molecular weight is 231 g/mol. The van der Waals surface area contributed by atoms with Gasteiger partial charge in [0, 0.05) is 18.0 Å². The molecule has 0 aliphatic carbocycles. The Bertz CT molecular complexity index is 491. The van der Waals surface area contributed by atoms with Gasteiger partial charge in [-0.25, -0.2) is 0 Å². The first-order chi connectivity index (χ1) is 8.15. The van der Waals surface area contributed by atoms with Crippen molar-refractivity contribution in [1.82, 2.24) is 10.2 Å². The third kappa shape index (κ3) is 3.06. The lowest BCUT2D eigenvalue weighted by Gasteiger charge is -2.00. The van der Waals surface area contributed by atoms with Crippen molar-refractivity contribution in [2.75, 3.05) is 5.73 Å². The number of nitrogens with two attached hydrogens (primary N) is 1. The molecule has 0 saturated carbocycles. The molecule has 0 aliphatic heterocycles. The molecule has 0 saturated heterocycles. The SMILES string of the molecule is CC(C)c1nnc(CCc2cccc(N)c2)o1. The molecule has 4 heteroatoms. The molecule has 0 radical (unpaired) electrons. The minimum atomic E-state index is 0.281. The molecule has 17 heavy (non-hydrogen) atoms. The first-order valence-corrected chi connectivity index (χ1v) is 5.82. The molecular formula is C13H17N3O. The van der Waals surface area contributed by atoms with Gasteiger partial charge in [0.25, 0.3) is 0 Å². The van der Waals surface area contributed by atoms with Crippen LogP contribution >= 0.6 is 0 Å². The van der Waals surface area contributed by atoms with Crippen LogP contribution in [0.25, 0.3) is 0 Å². The van der Waals surface area contributed by atoms with Crippen molar-refractivity contribution in [3.05, 3.63) is 41.6 Å². The van der Waals surface area contributed by atoms with Crippen molar-refractivity contribution < 1.29 is 4.42 Å². The highest BCUT2D eigenvalue weighted by atomic mass is 16.4. The van der Waals surface area contributed by atoms with Crippen LogP contribution in [-0.4, -0.2) is 10.2 Å². The Morgan fingerprint density at radius 3 is 2.71 bits per heavy atom. The fourth-order valence-electron chi connectivity index (χ4n) is 1.60. The van der Waals surface area contributed by atoms with E-state index in [0.717, 1.165) is 18.5 Å². The molecule has 2 rings (SSSR count). The fraction of sp³-hybridized carbons (Fsp3) is 0.385. The third-order valence-electron chi connectivity index (χ3n) is 2.55. The van der Waals surface area contributed by atoms with Crippen LogP contribution in [0.5, 0.6) is 0 Å². The van der Waals surface area contributed by atoms with Crippen molar-refractivity contribution >= 4 is 5.69 Å². The van der Waals surface area contributed by atoms with Crippen LogP contribution in [-0.2, 0) is 12.8 Å².